The number of aromatic amines is 1. The van der Waals surface area contributed by atoms with Gasteiger partial charge in [-0.25, -0.2) is 4.79 Å². The van der Waals surface area contributed by atoms with Gasteiger partial charge in [0.2, 0.25) is 0 Å². The third-order valence-corrected chi connectivity index (χ3v) is 8.10. The highest BCUT2D eigenvalue weighted by Gasteiger charge is 2.57. The summed E-state index contributed by atoms with van der Waals surface area (Å²) in [4.78, 5) is 38.9. The van der Waals surface area contributed by atoms with Crippen LogP contribution in [0.1, 0.15) is 42.3 Å². The van der Waals surface area contributed by atoms with Gasteiger partial charge in [0.15, 0.2) is 12.0 Å². The van der Waals surface area contributed by atoms with Gasteiger partial charge in [0.05, 0.1) is 20.1 Å². The zero-order valence-electron chi connectivity index (χ0n) is 25.0. The molecule has 2 N–H and O–H groups in total. The molecule has 11 nitrogen and oxygen atoms in total. The second kappa shape index (κ2) is 12.1. The molecule has 4 aromatic rings. The molecular formula is C34H34N2O9. The van der Waals surface area contributed by atoms with E-state index in [4.69, 9.17) is 23.7 Å². The summed E-state index contributed by atoms with van der Waals surface area (Å²) in [5, 5.41) is 9.30. The quantitative estimate of drug-likeness (QED) is 0.257. The van der Waals surface area contributed by atoms with E-state index in [0.29, 0.717) is 5.75 Å². The van der Waals surface area contributed by atoms with E-state index in [9.17, 15) is 19.5 Å². The Morgan fingerprint density at radius 1 is 0.911 bits per heavy atom. The van der Waals surface area contributed by atoms with Gasteiger partial charge in [0, 0.05) is 11.8 Å². The number of carboxylic acid groups (broad SMARTS) is 1. The number of methoxy groups -OCH3 is 1. The van der Waals surface area contributed by atoms with Crippen LogP contribution in [-0.2, 0) is 35.8 Å². The van der Waals surface area contributed by atoms with Crippen LogP contribution in [-0.4, -0.2) is 58.4 Å². The summed E-state index contributed by atoms with van der Waals surface area (Å²) in [7, 11) is 1.61. The number of aromatic nitrogens is 2. The summed E-state index contributed by atoms with van der Waals surface area (Å²) in [6, 6.07) is 27.4. The van der Waals surface area contributed by atoms with Gasteiger partial charge in [-0.2, -0.15) is 0 Å². The molecule has 1 aromatic heterocycles. The van der Waals surface area contributed by atoms with Crippen LogP contribution < -0.4 is 16.0 Å². The fourth-order valence-corrected chi connectivity index (χ4v) is 6.15. The van der Waals surface area contributed by atoms with Gasteiger partial charge in [0.25, 0.3) is 5.56 Å². The highest BCUT2D eigenvalue weighted by atomic mass is 16.8. The molecule has 0 aliphatic carbocycles. The van der Waals surface area contributed by atoms with Crippen LogP contribution in [0.3, 0.4) is 0 Å². The number of ether oxygens (including phenoxy) is 5. The minimum atomic E-state index is -1.21. The maximum absolute atomic E-state index is 13.0. The highest BCUT2D eigenvalue weighted by Crippen LogP contribution is 2.45. The molecule has 234 valence electrons. The number of aliphatic carboxylic acids is 1. The predicted octanol–water partition coefficient (Wildman–Crippen LogP) is 3.60. The summed E-state index contributed by atoms with van der Waals surface area (Å²) in [5.74, 6) is -1.51. The van der Waals surface area contributed by atoms with Gasteiger partial charge < -0.3 is 28.8 Å². The number of carboxylic acids is 1. The Balaban J connectivity index is 1.41. The molecule has 0 radical (unpaired) electrons. The Labute approximate surface area is 258 Å². The standard InChI is InChI=1S/C34H34N2O9/c1-33(2)44-28-26(43-31(29(28)45-33)36-19-21(18-27(37)38)30(39)35-32(36)40)20-42-34(22-10-6-4-7-11-22,23-12-8-5-9-13-23)24-14-16-25(41-3)17-15-24/h4-17,19,26,28-29,31H,18,20H2,1-3H3,(H,37,38)(H,35,39,40)/t26-,28-,29-,31-/m1/s1. The molecule has 4 atom stereocenters. The van der Waals surface area contributed by atoms with Crippen LogP contribution in [0.15, 0.2) is 101 Å². The average molecular weight is 615 g/mol. The van der Waals surface area contributed by atoms with Crippen LogP contribution in [0.4, 0.5) is 0 Å². The van der Waals surface area contributed by atoms with Crippen molar-refractivity contribution < 1.29 is 33.6 Å². The van der Waals surface area contributed by atoms with Gasteiger partial charge in [0.1, 0.15) is 29.7 Å². The lowest BCUT2D eigenvalue weighted by Gasteiger charge is -2.37. The third-order valence-electron chi connectivity index (χ3n) is 8.10. The molecule has 45 heavy (non-hydrogen) atoms. The van der Waals surface area contributed by atoms with Crippen molar-refractivity contribution >= 4 is 5.97 Å². The molecule has 2 aliphatic rings. The van der Waals surface area contributed by atoms with Crippen molar-refractivity contribution in [1.82, 2.24) is 9.55 Å². The van der Waals surface area contributed by atoms with E-state index < -0.39 is 59.6 Å². The summed E-state index contributed by atoms with van der Waals surface area (Å²) >= 11 is 0. The monoisotopic (exact) mass is 614 g/mol. The summed E-state index contributed by atoms with van der Waals surface area (Å²) in [5.41, 5.74) is -0.0822. The number of nitrogens with one attached hydrogen (secondary N) is 1. The Hall–Kier alpha value is -4.55. The van der Waals surface area contributed by atoms with Gasteiger partial charge >= 0.3 is 11.7 Å². The second-order valence-electron chi connectivity index (χ2n) is 11.5. The van der Waals surface area contributed by atoms with Crippen molar-refractivity contribution in [3.05, 3.63) is 134 Å². The molecule has 0 saturated carbocycles. The van der Waals surface area contributed by atoms with Crippen molar-refractivity contribution in [3.8, 4) is 5.75 Å². The van der Waals surface area contributed by atoms with Crippen molar-refractivity contribution in [2.45, 2.75) is 56.2 Å². The fourth-order valence-electron chi connectivity index (χ4n) is 6.15. The molecule has 2 saturated heterocycles. The first-order valence-electron chi connectivity index (χ1n) is 14.6. The van der Waals surface area contributed by atoms with E-state index >= 15 is 0 Å². The lowest BCUT2D eigenvalue weighted by atomic mass is 9.80. The Morgan fingerprint density at radius 2 is 1.49 bits per heavy atom. The molecule has 3 aromatic carbocycles. The van der Waals surface area contributed by atoms with E-state index in [2.05, 4.69) is 4.98 Å². The lowest BCUT2D eigenvalue weighted by molar-refractivity contribution is -0.205. The molecule has 2 fully saturated rings. The van der Waals surface area contributed by atoms with Gasteiger partial charge in [-0.1, -0.05) is 72.8 Å². The van der Waals surface area contributed by atoms with E-state index in [1.807, 2.05) is 84.9 Å². The fraction of sp³-hybridized carbons (Fsp3) is 0.324. The summed E-state index contributed by atoms with van der Waals surface area (Å²) in [6.07, 6.45) is -2.49. The number of rotatable bonds is 10. The molecule has 6 rings (SSSR count). The number of H-pyrrole nitrogens is 1. The molecule has 0 bridgehead atoms. The summed E-state index contributed by atoms with van der Waals surface area (Å²) < 4.78 is 32.5. The number of hydrogen-bond acceptors (Lipinski definition) is 8. The first-order valence-corrected chi connectivity index (χ1v) is 14.6. The minimum absolute atomic E-state index is 0.0208. The van der Waals surface area contributed by atoms with Crippen LogP contribution >= 0.6 is 0 Å². The van der Waals surface area contributed by atoms with E-state index in [1.54, 1.807) is 21.0 Å². The molecule has 0 unspecified atom stereocenters. The average Bonchev–Trinajstić information content (AvgIpc) is 3.52. The lowest BCUT2D eigenvalue weighted by Crippen LogP contribution is -2.39. The number of nitrogens with zero attached hydrogens (tertiary/aromatic N) is 1. The zero-order chi connectivity index (χ0) is 31.8. The van der Waals surface area contributed by atoms with Crippen molar-refractivity contribution in [1.29, 1.82) is 0 Å². The maximum atomic E-state index is 13.0. The smallest absolute Gasteiger partial charge is 0.330 e. The topological polar surface area (TPSA) is 138 Å². The largest absolute Gasteiger partial charge is 0.497 e. The Morgan fingerprint density at radius 3 is 2.07 bits per heavy atom. The first kappa shape index (κ1) is 30.5. The Kier molecular flexibility index (Phi) is 8.19. The highest BCUT2D eigenvalue weighted by molar-refractivity contribution is 5.69. The van der Waals surface area contributed by atoms with Crippen LogP contribution in [0.25, 0.3) is 0 Å². The molecule has 0 amide bonds. The first-order chi connectivity index (χ1) is 21.6. The number of hydrogen-bond donors (Lipinski definition) is 2. The number of fused-ring (bicyclic) bond motifs is 1. The molecule has 2 aliphatic heterocycles. The Bertz CT molecular complexity index is 1730. The SMILES string of the molecule is COc1ccc(C(OC[C@H]2O[C@@H](n3cc(CC(=O)O)c(=O)[nH]c3=O)[C@@H]3OC(C)(C)O[C@@H]32)(c2ccccc2)c2ccccc2)cc1. The van der Waals surface area contributed by atoms with E-state index in [-0.39, 0.29) is 12.2 Å². The molecular weight excluding hydrogens is 580 g/mol. The second-order valence-corrected chi connectivity index (χ2v) is 11.5. The van der Waals surface area contributed by atoms with Crippen LogP contribution in [0, 0.1) is 0 Å². The van der Waals surface area contributed by atoms with Gasteiger partial charge in [-0.3, -0.25) is 19.1 Å². The summed E-state index contributed by atoms with van der Waals surface area (Å²) in [6.45, 7) is 3.55. The predicted molar refractivity (Wildman–Crippen MR) is 162 cm³/mol. The van der Waals surface area contributed by atoms with Crippen LogP contribution in [0.5, 0.6) is 5.75 Å². The van der Waals surface area contributed by atoms with E-state index in [1.165, 1.54) is 6.20 Å². The van der Waals surface area contributed by atoms with E-state index in [0.717, 1.165) is 21.3 Å². The molecule has 3 heterocycles. The van der Waals surface area contributed by atoms with Crippen molar-refractivity contribution in [2.24, 2.45) is 0 Å². The third kappa shape index (κ3) is 5.83. The maximum Gasteiger partial charge on any atom is 0.330 e. The molecule has 0 spiro atoms. The minimum Gasteiger partial charge on any atom is -0.497 e. The van der Waals surface area contributed by atoms with Crippen LogP contribution in [0.2, 0.25) is 0 Å². The number of carbonyl (C=O) groups is 1. The van der Waals surface area contributed by atoms with Gasteiger partial charge in [-0.05, 0) is 42.7 Å². The number of benzene rings is 3. The normalized spacial score (nSPS) is 22.2. The zero-order valence-corrected chi connectivity index (χ0v) is 25.0. The van der Waals surface area contributed by atoms with Gasteiger partial charge in [-0.15, -0.1) is 0 Å². The van der Waals surface area contributed by atoms with Crippen molar-refractivity contribution in [3.63, 3.8) is 0 Å². The molecule has 11 heteroatoms. The van der Waals surface area contributed by atoms with Crippen molar-refractivity contribution in [2.75, 3.05) is 13.7 Å².